The predicted octanol–water partition coefficient (Wildman–Crippen LogP) is 2.06. The monoisotopic (exact) mass is 237 g/mol. The first-order valence-electron chi connectivity index (χ1n) is 5.92. The fourth-order valence-corrected chi connectivity index (χ4v) is 4.31. The summed E-state index contributed by atoms with van der Waals surface area (Å²) in [4.78, 5) is 0. The topological polar surface area (TPSA) is 43.1 Å². The highest BCUT2D eigenvalue weighted by Crippen LogP contribution is 2.30. The van der Waals surface area contributed by atoms with Gasteiger partial charge in [-0.2, -0.15) is 0 Å². The molecule has 2 nitrogen and oxygen atoms in total. The molecule has 1 saturated carbocycles. The lowest BCUT2D eigenvalue weighted by molar-refractivity contribution is 0.557. The standard InChI is InChI=1S/C13H19NOS/c14-9-12-7-4-8-13(12)16(15)10-11-5-2-1-3-6-11/h1-3,5-6,12-13H,4,7-10,14H2. The van der Waals surface area contributed by atoms with Gasteiger partial charge in [0, 0.05) is 21.8 Å². The van der Waals surface area contributed by atoms with E-state index < -0.39 is 10.8 Å². The van der Waals surface area contributed by atoms with Crippen molar-refractivity contribution in [1.82, 2.24) is 0 Å². The molecule has 1 aromatic carbocycles. The van der Waals surface area contributed by atoms with Crippen LogP contribution in [0.2, 0.25) is 0 Å². The van der Waals surface area contributed by atoms with Gasteiger partial charge >= 0.3 is 0 Å². The minimum absolute atomic E-state index is 0.324. The van der Waals surface area contributed by atoms with Crippen LogP contribution in [0.15, 0.2) is 30.3 Å². The third-order valence-electron chi connectivity index (χ3n) is 3.38. The maximum atomic E-state index is 12.2. The Kier molecular flexibility index (Phi) is 4.13. The summed E-state index contributed by atoms with van der Waals surface area (Å²) in [5.41, 5.74) is 6.89. The highest BCUT2D eigenvalue weighted by atomic mass is 32.2. The summed E-state index contributed by atoms with van der Waals surface area (Å²) >= 11 is 0. The number of rotatable bonds is 4. The molecule has 0 radical (unpaired) electrons. The van der Waals surface area contributed by atoms with Gasteiger partial charge in [-0.25, -0.2) is 0 Å². The molecule has 2 rings (SSSR count). The van der Waals surface area contributed by atoms with Crippen molar-refractivity contribution in [3.63, 3.8) is 0 Å². The van der Waals surface area contributed by atoms with E-state index in [1.54, 1.807) is 0 Å². The molecule has 0 saturated heterocycles. The van der Waals surface area contributed by atoms with Gasteiger partial charge in [0.2, 0.25) is 0 Å². The molecular formula is C13H19NOS. The molecule has 0 heterocycles. The first-order chi connectivity index (χ1) is 7.81. The van der Waals surface area contributed by atoms with Crippen molar-refractivity contribution >= 4 is 10.8 Å². The highest BCUT2D eigenvalue weighted by molar-refractivity contribution is 7.84. The third-order valence-corrected chi connectivity index (χ3v) is 5.30. The van der Waals surface area contributed by atoms with Crippen molar-refractivity contribution in [3.8, 4) is 0 Å². The summed E-state index contributed by atoms with van der Waals surface area (Å²) in [7, 11) is -0.756. The predicted molar refractivity (Wildman–Crippen MR) is 68.5 cm³/mol. The van der Waals surface area contributed by atoms with Crippen molar-refractivity contribution < 1.29 is 4.21 Å². The van der Waals surface area contributed by atoms with Gasteiger partial charge in [0.05, 0.1) is 0 Å². The second-order valence-corrected chi connectivity index (χ2v) is 6.13. The van der Waals surface area contributed by atoms with Crippen LogP contribution in [0, 0.1) is 5.92 Å². The Bertz CT molecular complexity index is 352. The van der Waals surface area contributed by atoms with Gasteiger partial charge in [0.15, 0.2) is 0 Å². The molecule has 0 amide bonds. The number of benzene rings is 1. The zero-order chi connectivity index (χ0) is 11.4. The Balaban J connectivity index is 1.98. The molecule has 1 aliphatic rings. The Hall–Kier alpha value is -0.670. The molecule has 0 bridgehead atoms. The van der Waals surface area contributed by atoms with E-state index in [0.717, 1.165) is 12.8 Å². The molecule has 2 N–H and O–H groups in total. The van der Waals surface area contributed by atoms with E-state index in [1.807, 2.05) is 30.3 Å². The zero-order valence-corrected chi connectivity index (χ0v) is 10.3. The van der Waals surface area contributed by atoms with Crippen molar-refractivity contribution in [3.05, 3.63) is 35.9 Å². The van der Waals surface area contributed by atoms with E-state index in [1.165, 1.54) is 12.0 Å². The van der Waals surface area contributed by atoms with Gasteiger partial charge < -0.3 is 5.73 Å². The molecule has 88 valence electrons. The summed E-state index contributed by atoms with van der Waals surface area (Å²) in [6.45, 7) is 0.686. The van der Waals surface area contributed by atoms with Crippen LogP contribution < -0.4 is 5.73 Å². The van der Waals surface area contributed by atoms with Crippen LogP contribution in [0.3, 0.4) is 0 Å². The molecule has 1 fully saturated rings. The van der Waals surface area contributed by atoms with Gasteiger partial charge in [0.1, 0.15) is 0 Å². The average molecular weight is 237 g/mol. The van der Waals surface area contributed by atoms with Gasteiger partial charge in [-0.1, -0.05) is 36.8 Å². The first-order valence-corrected chi connectivity index (χ1v) is 7.30. The summed E-state index contributed by atoms with van der Waals surface area (Å²) in [6.07, 6.45) is 3.43. The molecule has 16 heavy (non-hydrogen) atoms. The zero-order valence-electron chi connectivity index (χ0n) is 9.47. The summed E-state index contributed by atoms with van der Waals surface area (Å²) in [6, 6.07) is 10.1. The normalized spacial score (nSPS) is 26.8. The highest BCUT2D eigenvalue weighted by Gasteiger charge is 2.30. The largest absolute Gasteiger partial charge is 0.330 e. The summed E-state index contributed by atoms with van der Waals surface area (Å²) in [5, 5.41) is 0.324. The van der Waals surface area contributed by atoms with Crippen molar-refractivity contribution in [2.45, 2.75) is 30.3 Å². The van der Waals surface area contributed by atoms with E-state index in [9.17, 15) is 4.21 Å². The summed E-state index contributed by atoms with van der Waals surface area (Å²) in [5.74, 6) is 1.16. The van der Waals surface area contributed by atoms with E-state index in [-0.39, 0.29) is 0 Å². The first kappa shape index (κ1) is 11.8. The van der Waals surface area contributed by atoms with Crippen LogP contribution >= 0.6 is 0 Å². The quantitative estimate of drug-likeness (QED) is 0.871. The number of hydrogen-bond acceptors (Lipinski definition) is 2. The molecule has 1 aliphatic carbocycles. The Morgan fingerprint density at radius 2 is 2.00 bits per heavy atom. The molecule has 0 aliphatic heterocycles. The molecular weight excluding hydrogens is 218 g/mol. The molecule has 3 unspecified atom stereocenters. The van der Waals surface area contributed by atoms with E-state index in [2.05, 4.69) is 0 Å². The maximum absolute atomic E-state index is 12.2. The minimum Gasteiger partial charge on any atom is -0.330 e. The molecule has 3 atom stereocenters. The van der Waals surface area contributed by atoms with Crippen LogP contribution in [0.1, 0.15) is 24.8 Å². The Morgan fingerprint density at radius 3 is 2.69 bits per heavy atom. The number of nitrogens with two attached hydrogens (primary N) is 1. The van der Waals surface area contributed by atoms with Crippen molar-refractivity contribution in [2.75, 3.05) is 6.54 Å². The van der Waals surface area contributed by atoms with Gasteiger partial charge in [-0.3, -0.25) is 4.21 Å². The third kappa shape index (κ3) is 2.71. The van der Waals surface area contributed by atoms with Crippen LogP contribution in [0.4, 0.5) is 0 Å². The van der Waals surface area contributed by atoms with Crippen LogP contribution in [0.5, 0.6) is 0 Å². The van der Waals surface area contributed by atoms with Gasteiger partial charge in [-0.15, -0.1) is 0 Å². The van der Waals surface area contributed by atoms with Crippen molar-refractivity contribution in [1.29, 1.82) is 0 Å². The summed E-state index contributed by atoms with van der Waals surface area (Å²) < 4.78 is 12.2. The van der Waals surface area contributed by atoms with Crippen LogP contribution in [-0.4, -0.2) is 16.0 Å². The van der Waals surface area contributed by atoms with E-state index in [4.69, 9.17) is 5.73 Å². The fraction of sp³-hybridized carbons (Fsp3) is 0.538. The fourth-order valence-electron chi connectivity index (χ4n) is 2.46. The smallest absolute Gasteiger partial charge is 0.0488 e. The lowest BCUT2D eigenvalue weighted by Gasteiger charge is -2.17. The average Bonchev–Trinajstić information content (AvgIpc) is 2.78. The van der Waals surface area contributed by atoms with Gasteiger partial charge in [0.25, 0.3) is 0 Å². The lowest BCUT2D eigenvalue weighted by atomic mass is 10.1. The second-order valence-electron chi connectivity index (χ2n) is 4.48. The van der Waals surface area contributed by atoms with Crippen LogP contribution in [-0.2, 0) is 16.6 Å². The van der Waals surface area contributed by atoms with Gasteiger partial charge in [-0.05, 0) is 30.9 Å². The SMILES string of the molecule is NCC1CCCC1S(=O)Cc1ccccc1. The number of hydrogen-bond donors (Lipinski definition) is 1. The minimum atomic E-state index is -0.756. The Labute approximate surface area is 99.7 Å². The lowest BCUT2D eigenvalue weighted by Crippen LogP contribution is -2.27. The molecule has 1 aromatic rings. The van der Waals surface area contributed by atoms with Crippen molar-refractivity contribution in [2.24, 2.45) is 11.7 Å². The maximum Gasteiger partial charge on any atom is 0.0488 e. The van der Waals surface area contributed by atoms with E-state index >= 15 is 0 Å². The molecule has 3 heteroatoms. The van der Waals surface area contributed by atoms with E-state index in [0.29, 0.717) is 23.5 Å². The Morgan fingerprint density at radius 1 is 1.25 bits per heavy atom. The molecule has 0 aromatic heterocycles. The van der Waals surface area contributed by atoms with Crippen LogP contribution in [0.25, 0.3) is 0 Å². The molecule has 0 spiro atoms. The second kappa shape index (κ2) is 5.60.